The molecule has 3 aromatic rings. The number of carbonyl (C=O) groups is 1. The van der Waals surface area contributed by atoms with Crippen LogP contribution in [-0.2, 0) is 11.3 Å². The summed E-state index contributed by atoms with van der Waals surface area (Å²) in [7, 11) is 1.53. The Morgan fingerprint density at radius 2 is 1.89 bits per heavy atom. The van der Waals surface area contributed by atoms with Crippen LogP contribution >= 0.6 is 0 Å². The first kappa shape index (κ1) is 18.4. The highest BCUT2D eigenvalue weighted by molar-refractivity contribution is 5.92. The van der Waals surface area contributed by atoms with E-state index in [1.54, 1.807) is 24.3 Å². The second-order valence-corrected chi connectivity index (χ2v) is 6.28. The molecule has 0 saturated carbocycles. The maximum atomic E-state index is 12.4. The number of hydrogen-bond acceptors (Lipinski definition) is 4. The number of nitrogens with one attached hydrogen (secondary N) is 1. The summed E-state index contributed by atoms with van der Waals surface area (Å²) in [5.41, 5.74) is 3.96. The molecule has 0 aliphatic heterocycles. The van der Waals surface area contributed by atoms with Crippen LogP contribution in [0.3, 0.4) is 0 Å². The first-order valence-electron chi connectivity index (χ1n) is 8.56. The number of aryl methyl sites for hydroxylation is 2. The van der Waals surface area contributed by atoms with Gasteiger partial charge in [-0.3, -0.25) is 9.59 Å². The van der Waals surface area contributed by atoms with Crippen LogP contribution in [0.1, 0.15) is 11.1 Å². The van der Waals surface area contributed by atoms with E-state index in [-0.39, 0.29) is 18.0 Å². The zero-order chi connectivity index (χ0) is 19.4. The third kappa shape index (κ3) is 4.23. The van der Waals surface area contributed by atoms with Crippen LogP contribution in [0.25, 0.3) is 11.3 Å². The summed E-state index contributed by atoms with van der Waals surface area (Å²) in [4.78, 5) is 24.6. The Balaban J connectivity index is 1.86. The number of para-hydroxylation sites is 2. The van der Waals surface area contributed by atoms with Gasteiger partial charge in [-0.1, -0.05) is 29.8 Å². The Morgan fingerprint density at radius 1 is 1.11 bits per heavy atom. The highest BCUT2D eigenvalue weighted by atomic mass is 16.5. The second kappa shape index (κ2) is 7.86. The van der Waals surface area contributed by atoms with Crippen molar-refractivity contribution in [2.75, 3.05) is 12.4 Å². The number of hydrogen-bond donors (Lipinski definition) is 1. The molecule has 3 rings (SSSR count). The Bertz CT molecular complexity index is 1040. The summed E-state index contributed by atoms with van der Waals surface area (Å²) < 4.78 is 6.39. The number of amides is 1. The van der Waals surface area contributed by atoms with Gasteiger partial charge in [-0.15, -0.1) is 0 Å². The van der Waals surface area contributed by atoms with Crippen molar-refractivity contribution in [2.24, 2.45) is 0 Å². The highest BCUT2D eigenvalue weighted by Crippen LogP contribution is 2.23. The zero-order valence-corrected chi connectivity index (χ0v) is 15.5. The van der Waals surface area contributed by atoms with Crippen molar-refractivity contribution in [3.8, 4) is 17.0 Å². The van der Waals surface area contributed by atoms with Gasteiger partial charge in [0.2, 0.25) is 5.91 Å². The van der Waals surface area contributed by atoms with E-state index < -0.39 is 0 Å². The van der Waals surface area contributed by atoms with Crippen LogP contribution in [0.15, 0.2) is 59.4 Å². The number of methoxy groups -OCH3 is 1. The smallest absolute Gasteiger partial charge is 0.267 e. The SMILES string of the molecule is COc1ccccc1NC(=O)Cn1nc(-c2cc(C)ccc2C)ccc1=O. The zero-order valence-electron chi connectivity index (χ0n) is 15.5. The number of ether oxygens (including phenoxy) is 1. The minimum Gasteiger partial charge on any atom is -0.495 e. The topological polar surface area (TPSA) is 73.2 Å². The molecule has 2 aromatic carbocycles. The number of rotatable bonds is 5. The Labute approximate surface area is 157 Å². The van der Waals surface area contributed by atoms with E-state index in [1.165, 1.54) is 17.9 Å². The molecular formula is C21H21N3O3. The summed E-state index contributed by atoms with van der Waals surface area (Å²) in [6, 6.07) is 16.3. The molecule has 138 valence electrons. The van der Waals surface area contributed by atoms with E-state index in [9.17, 15) is 9.59 Å². The Kier molecular flexibility index (Phi) is 5.35. The van der Waals surface area contributed by atoms with Gasteiger partial charge in [0.25, 0.3) is 5.56 Å². The molecule has 6 heteroatoms. The lowest BCUT2D eigenvalue weighted by Gasteiger charge is -2.12. The van der Waals surface area contributed by atoms with Crippen LogP contribution in [0.4, 0.5) is 5.69 Å². The molecule has 0 bridgehead atoms. The molecule has 0 saturated heterocycles. The van der Waals surface area contributed by atoms with Crippen LogP contribution in [0.5, 0.6) is 5.75 Å². The molecule has 0 aliphatic rings. The fourth-order valence-corrected chi connectivity index (χ4v) is 2.79. The van der Waals surface area contributed by atoms with Crippen molar-refractivity contribution in [3.63, 3.8) is 0 Å². The molecular weight excluding hydrogens is 342 g/mol. The predicted molar refractivity (Wildman–Crippen MR) is 105 cm³/mol. The quantitative estimate of drug-likeness (QED) is 0.756. The minimum absolute atomic E-state index is 0.185. The number of benzene rings is 2. The van der Waals surface area contributed by atoms with E-state index in [4.69, 9.17) is 4.74 Å². The molecule has 1 N–H and O–H groups in total. The van der Waals surface area contributed by atoms with E-state index in [0.29, 0.717) is 17.1 Å². The van der Waals surface area contributed by atoms with Crippen LogP contribution in [0.2, 0.25) is 0 Å². The summed E-state index contributed by atoms with van der Waals surface area (Å²) in [6.45, 7) is 3.80. The normalized spacial score (nSPS) is 10.5. The van der Waals surface area contributed by atoms with Crippen LogP contribution < -0.4 is 15.6 Å². The molecule has 0 radical (unpaired) electrons. The Hall–Kier alpha value is -3.41. The fraction of sp³-hybridized carbons (Fsp3) is 0.190. The molecule has 6 nitrogen and oxygen atoms in total. The van der Waals surface area contributed by atoms with Gasteiger partial charge in [0.05, 0.1) is 18.5 Å². The molecule has 1 aromatic heterocycles. The highest BCUT2D eigenvalue weighted by Gasteiger charge is 2.11. The van der Waals surface area contributed by atoms with Gasteiger partial charge in [-0.2, -0.15) is 5.10 Å². The summed E-state index contributed by atoms with van der Waals surface area (Å²) in [5, 5.41) is 7.13. The van der Waals surface area contributed by atoms with E-state index in [2.05, 4.69) is 10.4 Å². The van der Waals surface area contributed by atoms with Gasteiger partial charge in [-0.05, 0) is 43.7 Å². The minimum atomic E-state index is -0.354. The lowest BCUT2D eigenvalue weighted by molar-refractivity contribution is -0.117. The standard InChI is InChI=1S/C21H21N3O3/c1-14-8-9-15(2)16(12-14)17-10-11-21(26)24(23-17)13-20(25)22-18-6-4-5-7-19(18)27-3/h4-12H,13H2,1-3H3,(H,22,25). The van der Waals surface area contributed by atoms with Crippen LogP contribution in [0, 0.1) is 13.8 Å². The molecule has 27 heavy (non-hydrogen) atoms. The summed E-state index contributed by atoms with van der Waals surface area (Å²) in [6.07, 6.45) is 0. The average molecular weight is 363 g/mol. The number of anilines is 1. The van der Waals surface area contributed by atoms with Gasteiger partial charge >= 0.3 is 0 Å². The second-order valence-electron chi connectivity index (χ2n) is 6.28. The van der Waals surface area contributed by atoms with Crippen LogP contribution in [-0.4, -0.2) is 22.8 Å². The average Bonchev–Trinajstić information content (AvgIpc) is 2.66. The van der Waals surface area contributed by atoms with E-state index >= 15 is 0 Å². The lowest BCUT2D eigenvalue weighted by Crippen LogP contribution is -2.29. The van der Waals surface area contributed by atoms with Crippen molar-refractivity contribution < 1.29 is 9.53 Å². The van der Waals surface area contributed by atoms with Crippen molar-refractivity contribution in [1.82, 2.24) is 9.78 Å². The maximum absolute atomic E-state index is 12.4. The molecule has 0 atom stereocenters. The molecule has 0 spiro atoms. The summed E-state index contributed by atoms with van der Waals surface area (Å²) >= 11 is 0. The van der Waals surface area contributed by atoms with Gasteiger partial charge in [0.15, 0.2) is 0 Å². The molecule has 0 unspecified atom stereocenters. The van der Waals surface area contributed by atoms with E-state index in [1.807, 2.05) is 38.1 Å². The van der Waals surface area contributed by atoms with Crippen molar-refractivity contribution in [2.45, 2.75) is 20.4 Å². The third-order valence-electron chi connectivity index (χ3n) is 4.21. The Morgan fingerprint density at radius 3 is 2.67 bits per heavy atom. The molecule has 0 aliphatic carbocycles. The largest absolute Gasteiger partial charge is 0.495 e. The first-order valence-corrected chi connectivity index (χ1v) is 8.56. The van der Waals surface area contributed by atoms with Gasteiger partial charge in [0, 0.05) is 11.6 Å². The molecule has 1 heterocycles. The number of aromatic nitrogens is 2. The number of nitrogens with zero attached hydrogens (tertiary/aromatic N) is 2. The van der Waals surface area contributed by atoms with Gasteiger partial charge in [-0.25, -0.2) is 4.68 Å². The van der Waals surface area contributed by atoms with Crippen molar-refractivity contribution in [1.29, 1.82) is 0 Å². The molecule has 1 amide bonds. The molecule has 0 fully saturated rings. The fourth-order valence-electron chi connectivity index (χ4n) is 2.79. The van der Waals surface area contributed by atoms with Gasteiger partial charge < -0.3 is 10.1 Å². The first-order chi connectivity index (χ1) is 13.0. The van der Waals surface area contributed by atoms with E-state index in [0.717, 1.165) is 16.7 Å². The maximum Gasteiger partial charge on any atom is 0.267 e. The van der Waals surface area contributed by atoms with Gasteiger partial charge in [0.1, 0.15) is 12.3 Å². The summed E-state index contributed by atoms with van der Waals surface area (Å²) in [5.74, 6) is 0.197. The number of carbonyl (C=O) groups excluding carboxylic acids is 1. The lowest BCUT2D eigenvalue weighted by atomic mass is 10.0. The third-order valence-corrected chi connectivity index (χ3v) is 4.21. The predicted octanol–water partition coefficient (Wildman–Crippen LogP) is 3.17. The van der Waals surface area contributed by atoms with Crippen molar-refractivity contribution >= 4 is 11.6 Å². The van der Waals surface area contributed by atoms with Crippen molar-refractivity contribution in [3.05, 3.63) is 76.1 Å². The monoisotopic (exact) mass is 363 g/mol.